The molecule has 0 aliphatic carbocycles. The molecule has 18 heavy (non-hydrogen) atoms. The molecule has 0 aliphatic heterocycles. The highest BCUT2D eigenvalue weighted by Gasteiger charge is 2.02. The van der Waals surface area contributed by atoms with Crippen molar-refractivity contribution in [3.63, 3.8) is 0 Å². The Bertz CT molecular complexity index is 595. The van der Waals surface area contributed by atoms with Crippen molar-refractivity contribution in [2.24, 2.45) is 5.10 Å². The first-order valence-corrected chi connectivity index (χ1v) is 6.69. The van der Waals surface area contributed by atoms with Crippen LogP contribution in [0.25, 0.3) is 0 Å². The Morgan fingerprint density at radius 2 is 2.28 bits per heavy atom. The molecule has 4 nitrogen and oxygen atoms in total. The number of carboxylic acids is 1. The van der Waals surface area contributed by atoms with Gasteiger partial charge in [0.25, 0.3) is 0 Å². The lowest BCUT2D eigenvalue weighted by Crippen LogP contribution is -1.97. The molecule has 92 valence electrons. The molecule has 2 N–H and O–H groups in total. The Labute approximate surface area is 116 Å². The van der Waals surface area contributed by atoms with Crippen LogP contribution >= 0.6 is 27.3 Å². The summed E-state index contributed by atoms with van der Waals surface area (Å²) < 4.78 is 1.02. The van der Waals surface area contributed by atoms with Crippen LogP contribution in [-0.4, -0.2) is 17.3 Å². The summed E-state index contributed by atoms with van der Waals surface area (Å²) in [4.78, 5) is 11.8. The van der Waals surface area contributed by atoms with Crippen LogP contribution in [0.1, 0.15) is 15.2 Å². The number of benzene rings is 1. The first kappa shape index (κ1) is 12.8. The van der Waals surface area contributed by atoms with Gasteiger partial charge in [-0.25, -0.2) is 4.79 Å². The molecule has 0 saturated carbocycles. The number of nitrogens with zero attached hydrogens (tertiary/aromatic N) is 1. The molecule has 0 spiro atoms. The second-order valence-electron chi connectivity index (χ2n) is 3.42. The summed E-state index contributed by atoms with van der Waals surface area (Å²) in [6, 6.07) is 8.44. The molecule has 6 heteroatoms. The molecule has 1 heterocycles. The van der Waals surface area contributed by atoms with Gasteiger partial charge in [-0.3, -0.25) is 5.43 Å². The van der Waals surface area contributed by atoms with Crippen molar-refractivity contribution in [1.82, 2.24) is 0 Å². The van der Waals surface area contributed by atoms with E-state index >= 15 is 0 Å². The van der Waals surface area contributed by atoms with Gasteiger partial charge < -0.3 is 5.11 Å². The lowest BCUT2D eigenvalue weighted by atomic mass is 10.2. The number of hydrogen-bond acceptors (Lipinski definition) is 4. The van der Waals surface area contributed by atoms with Crippen molar-refractivity contribution >= 4 is 45.1 Å². The third-order valence-electron chi connectivity index (χ3n) is 2.08. The fraction of sp³-hybridized carbons (Fsp3) is 0. The molecule has 2 aromatic rings. The molecular weight excluding hydrogens is 316 g/mol. The molecule has 0 fully saturated rings. The number of rotatable bonds is 4. The lowest BCUT2D eigenvalue weighted by molar-refractivity contribution is 0.0697. The van der Waals surface area contributed by atoms with Gasteiger partial charge in [0, 0.05) is 14.7 Å². The van der Waals surface area contributed by atoms with Crippen LogP contribution in [0.2, 0.25) is 0 Å². The van der Waals surface area contributed by atoms with E-state index in [4.69, 9.17) is 5.11 Å². The van der Waals surface area contributed by atoms with E-state index in [0.717, 1.165) is 9.35 Å². The Kier molecular flexibility index (Phi) is 4.11. The van der Waals surface area contributed by atoms with Gasteiger partial charge in [-0.2, -0.15) is 5.10 Å². The average molecular weight is 325 g/mol. The highest BCUT2D eigenvalue weighted by Crippen LogP contribution is 2.18. The average Bonchev–Trinajstić information content (AvgIpc) is 2.75. The van der Waals surface area contributed by atoms with Crippen molar-refractivity contribution in [3.05, 3.63) is 50.6 Å². The number of halogens is 1. The zero-order chi connectivity index (χ0) is 13.0. The number of carboxylic acid groups (broad SMARTS) is 1. The molecule has 1 aromatic carbocycles. The molecular formula is C12H9BrN2O2S. The molecule has 0 radical (unpaired) electrons. The number of aromatic carboxylic acids is 1. The van der Waals surface area contributed by atoms with Crippen LogP contribution in [0.15, 0.2) is 45.3 Å². The van der Waals surface area contributed by atoms with Crippen LogP contribution in [0, 0.1) is 0 Å². The summed E-state index contributed by atoms with van der Waals surface area (Å²) in [5, 5.41) is 14.9. The van der Waals surface area contributed by atoms with Crippen LogP contribution in [0.3, 0.4) is 0 Å². The summed E-state index contributed by atoms with van der Waals surface area (Å²) in [7, 11) is 0. The summed E-state index contributed by atoms with van der Waals surface area (Å²) in [5.41, 5.74) is 3.67. The number of carbonyl (C=O) groups is 1. The third-order valence-corrected chi connectivity index (χ3v) is 3.71. The third kappa shape index (κ3) is 3.41. The van der Waals surface area contributed by atoms with Gasteiger partial charge in [0.05, 0.1) is 17.5 Å². The summed E-state index contributed by atoms with van der Waals surface area (Å²) in [6.45, 7) is 0. The fourth-order valence-corrected chi connectivity index (χ4v) is 2.59. The molecule has 0 saturated heterocycles. The van der Waals surface area contributed by atoms with E-state index in [-0.39, 0.29) is 5.56 Å². The quantitative estimate of drug-likeness (QED) is 0.666. The Balaban J connectivity index is 2.04. The van der Waals surface area contributed by atoms with Crippen LogP contribution in [0.5, 0.6) is 0 Å². The van der Waals surface area contributed by atoms with E-state index < -0.39 is 5.97 Å². The van der Waals surface area contributed by atoms with E-state index in [2.05, 4.69) is 26.5 Å². The summed E-state index contributed by atoms with van der Waals surface area (Å²) in [5.74, 6) is -0.954. The first-order valence-electron chi connectivity index (χ1n) is 5.01. The van der Waals surface area contributed by atoms with Crippen LogP contribution in [-0.2, 0) is 0 Å². The van der Waals surface area contributed by atoms with Crippen molar-refractivity contribution in [3.8, 4) is 0 Å². The minimum absolute atomic E-state index is 0.231. The van der Waals surface area contributed by atoms with Crippen LogP contribution in [0.4, 0.5) is 5.69 Å². The molecule has 0 bridgehead atoms. The Morgan fingerprint density at radius 3 is 2.94 bits per heavy atom. The predicted molar refractivity (Wildman–Crippen MR) is 76.6 cm³/mol. The predicted octanol–water partition coefficient (Wildman–Crippen LogP) is 3.65. The fourth-order valence-electron chi connectivity index (χ4n) is 1.29. The van der Waals surface area contributed by atoms with Crippen molar-refractivity contribution < 1.29 is 9.90 Å². The number of hydrazone groups is 1. The molecule has 0 aliphatic rings. The second kappa shape index (κ2) is 5.79. The van der Waals surface area contributed by atoms with Gasteiger partial charge in [0.15, 0.2) is 0 Å². The standard InChI is InChI=1S/C12H9BrN2O2S/c13-9-5-11(18-7-9)6-14-15-10-3-1-2-8(4-10)12(16)17/h1-7,15H,(H,16,17)/b14-6+. The van der Waals surface area contributed by atoms with E-state index in [1.807, 2.05) is 11.4 Å². The monoisotopic (exact) mass is 324 g/mol. The number of thiophene rings is 1. The highest BCUT2D eigenvalue weighted by molar-refractivity contribution is 9.10. The Hall–Kier alpha value is -1.66. The number of hydrogen-bond donors (Lipinski definition) is 2. The molecule has 2 rings (SSSR count). The topological polar surface area (TPSA) is 61.7 Å². The van der Waals surface area contributed by atoms with Gasteiger partial charge in [-0.15, -0.1) is 11.3 Å². The maximum Gasteiger partial charge on any atom is 0.335 e. The SMILES string of the molecule is O=C(O)c1cccc(N/N=C/c2cc(Br)cs2)c1. The minimum atomic E-state index is -0.954. The van der Waals surface area contributed by atoms with E-state index in [1.165, 1.54) is 12.1 Å². The summed E-state index contributed by atoms with van der Waals surface area (Å²) in [6.07, 6.45) is 1.68. The maximum atomic E-state index is 10.8. The van der Waals surface area contributed by atoms with Crippen molar-refractivity contribution in [1.29, 1.82) is 0 Å². The van der Waals surface area contributed by atoms with Gasteiger partial charge in [0.1, 0.15) is 0 Å². The van der Waals surface area contributed by atoms with E-state index in [0.29, 0.717) is 5.69 Å². The smallest absolute Gasteiger partial charge is 0.335 e. The number of anilines is 1. The molecule has 0 unspecified atom stereocenters. The normalized spacial score (nSPS) is 10.7. The van der Waals surface area contributed by atoms with E-state index in [9.17, 15) is 4.79 Å². The molecule has 0 amide bonds. The molecule has 0 atom stereocenters. The molecule has 1 aromatic heterocycles. The van der Waals surface area contributed by atoms with Crippen molar-refractivity contribution in [2.45, 2.75) is 0 Å². The van der Waals surface area contributed by atoms with Gasteiger partial charge in [-0.1, -0.05) is 6.07 Å². The number of nitrogens with one attached hydrogen (secondary N) is 1. The summed E-state index contributed by atoms with van der Waals surface area (Å²) >= 11 is 4.92. The van der Waals surface area contributed by atoms with Crippen LogP contribution < -0.4 is 5.43 Å². The zero-order valence-electron chi connectivity index (χ0n) is 9.13. The largest absolute Gasteiger partial charge is 0.478 e. The van der Waals surface area contributed by atoms with Gasteiger partial charge in [0.2, 0.25) is 0 Å². The lowest BCUT2D eigenvalue weighted by Gasteiger charge is -2.00. The Morgan fingerprint density at radius 1 is 1.44 bits per heavy atom. The van der Waals surface area contributed by atoms with Gasteiger partial charge in [-0.05, 0) is 40.2 Å². The van der Waals surface area contributed by atoms with Crippen molar-refractivity contribution in [2.75, 3.05) is 5.43 Å². The van der Waals surface area contributed by atoms with E-state index in [1.54, 1.807) is 29.7 Å². The second-order valence-corrected chi connectivity index (χ2v) is 5.28. The first-order chi connectivity index (χ1) is 8.65. The van der Waals surface area contributed by atoms with Gasteiger partial charge >= 0.3 is 5.97 Å². The minimum Gasteiger partial charge on any atom is -0.478 e. The maximum absolute atomic E-state index is 10.8. The zero-order valence-corrected chi connectivity index (χ0v) is 11.5. The highest BCUT2D eigenvalue weighted by atomic mass is 79.9.